The largest absolute Gasteiger partial charge is 0.471 e. The SMILES string of the molecule is O=C(NC1CC(=O)N(c2ccc3c(c2)CCN(C(=O)C(F)(F)F)CC3)C1)OCc1ccccc1. The van der Waals surface area contributed by atoms with Gasteiger partial charge in [0.05, 0.1) is 6.04 Å². The fourth-order valence-corrected chi connectivity index (χ4v) is 4.25. The zero-order chi connectivity index (χ0) is 24.3. The molecule has 0 bridgehead atoms. The lowest BCUT2D eigenvalue weighted by molar-refractivity contribution is -0.185. The lowest BCUT2D eigenvalue weighted by atomic mass is 10.0. The number of amides is 3. The Morgan fingerprint density at radius 1 is 1.03 bits per heavy atom. The first-order valence-corrected chi connectivity index (χ1v) is 11.0. The van der Waals surface area contributed by atoms with Crippen molar-refractivity contribution in [2.75, 3.05) is 24.5 Å². The van der Waals surface area contributed by atoms with Crippen molar-refractivity contribution < 1.29 is 32.3 Å². The lowest BCUT2D eigenvalue weighted by Gasteiger charge is -2.21. The van der Waals surface area contributed by atoms with Crippen LogP contribution in [0.4, 0.5) is 23.7 Å². The summed E-state index contributed by atoms with van der Waals surface area (Å²) in [6.45, 7) is 0.330. The Kier molecular flexibility index (Phi) is 6.76. The lowest BCUT2D eigenvalue weighted by Crippen LogP contribution is -2.42. The minimum atomic E-state index is -4.89. The van der Waals surface area contributed by atoms with E-state index < -0.39 is 24.2 Å². The van der Waals surface area contributed by atoms with Crippen molar-refractivity contribution in [3.8, 4) is 0 Å². The van der Waals surface area contributed by atoms with Crippen LogP contribution in [0, 0.1) is 0 Å². The maximum atomic E-state index is 12.8. The number of carbonyl (C=O) groups is 3. The minimum Gasteiger partial charge on any atom is -0.445 e. The molecule has 0 saturated carbocycles. The van der Waals surface area contributed by atoms with Gasteiger partial charge in [-0.25, -0.2) is 4.79 Å². The van der Waals surface area contributed by atoms with E-state index in [1.807, 2.05) is 30.3 Å². The molecule has 2 aromatic rings. The molecule has 1 saturated heterocycles. The summed E-state index contributed by atoms with van der Waals surface area (Å²) in [4.78, 5) is 38.7. The number of alkyl carbamates (subject to hydrolysis) is 1. The Bertz CT molecular complexity index is 1070. The number of hydrogen-bond donors (Lipinski definition) is 1. The molecule has 0 aromatic heterocycles. The molecule has 0 spiro atoms. The van der Waals surface area contributed by atoms with E-state index in [1.165, 1.54) is 0 Å². The molecule has 180 valence electrons. The summed E-state index contributed by atoms with van der Waals surface area (Å²) in [5.41, 5.74) is 3.12. The molecule has 1 unspecified atom stereocenters. The second kappa shape index (κ2) is 9.74. The van der Waals surface area contributed by atoms with E-state index in [9.17, 15) is 27.6 Å². The molecule has 1 N–H and O–H groups in total. The maximum Gasteiger partial charge on any atom is 0.471 e. The van der Waals surface area contributed by atoms with Crippen LogP contribution in [0.5, 0.6) is 0 Å². The van der Waals surface area contributed by atoms with Gasteiger partial charge in [0.15, 0.2) is 0 Å². The van der Waals surface area contributed by atoms with Crippen LogP contribution in [0.25, 0.3) is 0 Å². The number of carbonyl (C=O) groups excluding carboxylic acids is 3. The van der Waals surface area contributed by atoms with E-state index in [0.717, 1.165) is 21.6 Å². The molecule has 34 heavy (non-hydrogen) atoms. The molecule has 3 amide bonds. The normalized spacial score (nSPS) is 18.3. The first-order chi connectivity index (χ1) is 16.2. The molecule has 7 nitrogen and oxygen atoms in total. The summed E-state index contributed by atoms with van der Waals surface area (Å²) in [6.07, 6.45) is -4.82. The van der Waals surface area contributed by atoms with Gasteiger partial charge in [0.2, 0.25) is 5.91 Å². The zero-order valence-corrected chi connectivity index (χ0v) is 18.3. The number of benzene rings is 2. The fraction of sp³-hybridized carbons (Fsp3) is 0.375. The Hall–Kier alpha value is -3.56. The number of nitrogens with one attached hydrogen (secondary N) is 1. The van der Waals surface area contributed by atoms with Gasteiger partial charge in [-0.3, -0.25) is 9.59 Å². The van der Waals surface area contributed by atoms with Crippen molar-refractivity contribution >= 4 is 23.6 Å². The number of halogens is 3. The maximum absolute atomic E-state index is 12.8. The number of ether oxygens (including phenoxy) is 1. The average Bonchev–Trinajstić information content (AvgIpc) is 3.04. The summed E-state index contributed by atoms with van der Waals surface area (Å²) in [6, 6.07) is 14.1. The summed E-state index contributed by atoms with van der Waals surface area (Å²) in [5.74, 6) is -2.00. The van der Waals surface area contributed by atoms with Crippen molar-refractivity contribution in [3.63, 3.8) is 0 Å². The number of rotatable bonds is 4. The van der Waals surface area contributed by atoms with Gasteiger partial charge in [-0.05, 0) is 41.7 Å². The van der Waals surface area contributed by atoms with Crippen molar-refractivity contribution in [2.24, 2.45) is 0 Å². The van der Waals surface area contributed by atoms with E-state index in [0.29, 0.717) is 12.1 Å². The fourth-order valence-electron chi connectivity index (χ4n) is 4.25. The van der Waals surface area contributed by atoms with Crippen LogP contribution in [0.1, 0.15) is 23.1 Å². The third-order valence-corrected chi connectivity index (χ3v) is 5.99. The van der Waals surface area contributed by atoms with Crippen LogP contribution >= 0.6 is 0 Å². The minimum absolute atomic E-state index is 0.00950. The van der Waals surface area contributed by atoms with Crippen LogP contribution in [0.2, 0.25) is 0 Å². The predicted molar refractivity (Wildman–Crippen MR) is 117 cm³/mol. The van der Waals surface area contributed by atoms with Gasteiger partial charge in [-0.15, -0.1) is 0 Å². The summed E-state index contributed by atoms with van der Waals surface area (Å²) >= 11 is 0. The standard InChI is InChI=1S/C24H24F3N3O4/c25-24(26,27)22(32)29-10-8-17-6-7-20(12-18(17)9-11-29)30-14-19(13-21(30)31)28-23(33)34-15-16-4-2-1-3-5-16/h1-7,12,19H,8-11,13-15H2,(H,28,33). The Morgan fingerprint density at radius 3 is 2.44 bits per heavy atom. The van der Waals surface area contributed by atoms with Crippen LogP contribution in [-0.2, 0) is 33.8 Å². The molecule has 2 aliphatic rings. The topological polar surface area (TPSA) is 79.0 Å². The van der Waals surface area contributed by atoms with E-state index in [2.05, 4.69) is 5.32 Å². The first-order valence-electron chi connectivity index (χ1n) is 11.0. The van der Waals surface area contributed by atoms with Crippen LogP contribution < -0.4 is 10.2 Å². The molecule has 4 rings (SSSR count). The van der Waals surface area contributed by atoms with Crippen molar-refractivity contribution in [1.29, 1.82) is 0 Å². The molecular formula is C24H24F3N3O4. The van der Waals surface area contributed by atoms with Crippen LogP contribution in [0.15, 0.2) is 48.5 Å². The highest BCUT2D eigenvalue weighted by Gasteiger charge is 2.42. The molecule has 0 radical (unpaired) electrons. The van der Waals surface area contributed by atoms with Crippen molar-refractivity contribution in [1.82, 2.24) is 10.2 Å². The Morgan fingerprint density at radius 2 is 1.74 bits per heavy atom. The second-order valence-electron chi connectivity index (χ2n) is 8.35. The molecule has 2 heterocycles. The first kappa shape index (κ1) is 23.6. The molecule has 1 fully saturated rings. The number of anilines is 1. The molecule has 1 atom stereocenters. The number of fused-ring (bicyclic) bond motifs is 1. The van der Waals surface area contributed by atoms with Gasteiger partial charge < -0.3 is 19.9 Å². The summed E-state index contributed by atoms with van der Waals surface area (Å²) in [5, 5.41) is 2.71. The average molecular weight is 475 g/mol. The molecular weight excluding hydrogens is 451 g/mol. The highest BCUT2D eigenvalue weighted by Crippen LogP contribution is 2.28. The van der Waals surface area contributed by atoms with E-state index >= 15 is 0 Å². The van der Waals surface area contributed by atoms with Gasteiger partial charge in [-0.2, -0.15) is 13.2 Å². The van der Waals surface area contributed by atoms with Crippen LogP contribution in [0.3, 0.4) is 0 Å². The predicted octanol–water partition coefficient (Wildman–Crippen LogP) is 3.21. The number of alkyl halides is 3. The molecule has 10 heteroatoms. The van der Waals surface area contributed by atoms with E-state index in [1.54, 1.807) is 23.1 Å². The monoisotopic (exact) mass is 475 g/mol. The molecule has 2 aliphatic heterocycles. The second-order valence-corrected chi connectivity index (χ2v) is 8.35. The van der Waals surface area contributed by atoms with Gasteiger partial charge in [0.1, 0.15) is 6.61 Å². The summed E-state index contributed by atoms with van der Waals surface area (Å²) < 4.78 is 43.6. The Labute approximate surface area is 194 Å². The van der Waals surface area contributed by atoms with Gasteiger partial charge in [0, 0.05) is 31.7 Å². The van der Waals surface area contributed by atoms with Crippen molar-refractivity contribution in [3.05, 3.63) is 65.2 Å². The zero-order valence-electron chi connectivity index (χ0n) is 18.3. The smallest absolute Gasteiger partial charge is 0.445 e. The molecule has 0 aliphatic carbocycles. The highest BCUT2D eigenvalue weighted by atomic mass is 19.4. The van der Waals surface area contributed by atoms with Gasteiger partial charge in [0.25, 0.3) is 0 Å². The summed E-state index contributed by atoms with van der Waals surface area (Å²) in [7, 11) is 0. The van der Waals surface area contributed by atoms with Gasteiger partial charge in [-0.1, -0.05) is 36.4 Å². The molecule has 2 aromatic carbocycles. The third kappa shape index (κ3) is 5.49. The number of hydrogen-bond acceptors (Lipinski definition) is 4. The van der Waals surface area contributed by atoms with E-state index in [-0.39, 0.29) is 45.0 Å². The quantitative estimate of drug-likeness (QED) is 0.737. The van der Waals surface area contributed by atoms with Crippen molar-refractivity contribution in [2.45, 2.75) is 38.1 Å². The third-order valence-electron chi connectivity index (χ3n) is 5.99. The highest BCUT2D eigenvalue weighted by molar-refractivity contribution is 5.96. The van der Waals surface area contributed by atoms with E-state index in [4.69, 9.17) is 4.74 Å². The van der Waals surface area contributed by atoms with Gasteiger partial charge >= 0.3 is 18.2 Å². The Balaban J connectivity index is 1.35. The van der Waals surface area contributed by atoms with Crippen LogP contribution in [-0.4, -0.2) is 54.7 Å². The number of nitrogens with zero attached hydrogens (tertiary/aromatic N) is 2.